The smallest absolute Gasteiger partial charge is 0.269 e. The zero-order valence-electron chi connectivity index (χ0n) is 14.1. The second kappa shape index (κ2) is 10.4. The molecule has 1 aromatic heterocycles. The number of benzene rings is 1. The van der Waals surface area contributed by atoms with E-state index in [-0.39, 0.29) is 5.69 Å². The van der Waals surface area contributed by atoms with Gasteiger partial charge in [0.05, 0.1) is 18.1 Å². The number of nitrogens with zero attached hydrogens (tertiary/aromatic N) is 2. The van der Waals surface area contributed by atoms with Crippen molar-refractivity contribution in [3.05, 3.63) is 62.3 Å². The summed E-state index contributed by atoms with van der Waals surface area (Å²) in [7, 11) is 1.65. The Morgan fingerprint density at radius 1 is 1.24 bits per heavy atom. The highest BCUT2D eigenvalue weighted by molar-refractivity contribution is 7.09. The standard InChI is InChI=1S/C17H22N4O3S/c1-24-11-10-19-17(18-9-8-16-3-2-12-25-16)20-13-14-4-6-15(7-5-14)21(22)23/h2-7,12H,8-11,13H2,1H3,(H2,18,19,20). The number of guanidine groups is 1. The molecule has 0 bridgehead atoms. The molecule has 8 heteroatoms. The zero-order valence-corrected chi connectivity index (χ0v) is 14.9. The predicted molar refractivity (Wildman–Crippen MR) is 100 cm³/mol. The molecule has 0 aliphatic heterocycles. The lowest BCUT2D eigenvalue weighted by Crippen LogP contribution is -2.39. The highest BCUT2D eigenvalue weighted by Gasteiger charge is 2.04. The number of nitrogens with one attached hydrogen (secondary N) is 2. The maximum absolute atomic E-state index is 10.7. The summed E-state index contributed by atoms with van der Waals surface area (Å²) in [6.07, 6.45) is 0.931. The minimum absolute atomic E-state index is 0.0836. The fourth-order valence-corrected chi connectivity index (χ4v) is 2.81. The van der Waals surface area contributed by atoms with Gasteiger partial charge in [0.2, 0.25) is 0 Å². The first-order valence-electron chi connectivity index (χ1n) is 7.96. The van der Waals surface area contributed by atoms with Crippen LogP contribution >= 0.6 is 11.3 Å². The van der Waals surface area contributed by atoms with E-state index in [1.165, 1.54) is 17.0 Å². The van der Waals surface area contributed by atoms with Crippen molar-refractivity contribution < 1.29 is 9.66 Å². The Morgan fingerprint density at radius 2 is 2.00 bits per heavy atom. The van der Waals surface area contributed by atoms with Crippen LogP contribution in [0.2, 0.25) is 0 Å². The number of rotatable bonds is 9. The van der Waals surface area contributed by atoms with Crippen molar-refractivity contribution in [3.8, 4) is 0 Å². The summed E-state index contributed by atoms with van der Waals surface area (Å²) in [5.74, 6) is 0.701. The highest BCUT2D eigenvalue weighted by Crippen LogP contribution is 2.12. The van der Waals surface area contributed by atoms with Crippen molar-refractivity contribution in [1.29, 1.82) is 0 Å². The molecule has 2 aromatic rings. The second-order valence-corrected chi connectivity index (χ2v) is 6.30. The number of ether oxygens (including phenoxy) is 1. The van der Waals surface area contributed by atoms with E-state index in [4.69, 9.17) is 4.74 Å². The fourth-order valence-electron chi connectivity index (χ4n) is 2.10. The molecule has 1 heterocycles. The Kier molecular flexibility index (Phi) is 7.87. The summed E-state index contributed by atoms with van der Waals surface area (Å²) < 4.78 is 5.05. The van der Waals surface area contributed by atoms with Gasteiger partial charge in [0, 0.05) is 37.2 Å². The first kappa shape index (κ1) is 18.9. The SMILES string of the molecule is COCCNC(=NCc1ccc([N+](=O)[O-])cc1)NCCc1cccs1. The van der Waals surface area contributed by atoms with E-state index in [0.717, 1.165) is 18.5 Å². The first-order chi connectivity index (χ1) is 12.2. The van der Waals surface area contributed by atoms with Gasteiger partial charge in [-0.25, -0.2) is 4.99 Å². The number of nitro benzene ring substituents is 1. The van der Waals surface area contributed by atoms with E-state index in [0.29, 0.717) is 25.7 Å². The number of thiophene rings is 1. The molecule has 0 unspecified atom stereocenters. The largest absolute Gasteiger partial charge is 0.383 e. The molecule has 7 nitrogen and oxygen atoms in total. The van der Waals surface area contributed by atoms with Crippen LogP contribution in [0.15, 0.2) is 46.8 Å². The molecule has 0 fully saturated rings. The number of hydrogen-bond donors (Lipinski definition) is 2. The van der Waals surface area contributed by atoms with Crippen LogP contribution in [0.25, 0.3) is 0 Å². The summed E-state index contributed by atoms with van der Waals surface area (Å²) in [5.41, 5.74) is 0.997. The molecular weight excluding hydrogens is 340 g/mol. The molecule has 0 aliphatic carbocycles. The molecule has 1 aromatic carbocycles. The third kappa shape index (κ3) is 6.90. The zero-order chi connectivity index (χ0) is 17.9. The van der Waals surface area contributed by atoms with Crippen LogP contribution in [0, 0.1) is 10.1 Å². The molecule has 0 aliphatic rings. The number of methoxy groups -OCH3 is 1. The van der Waals surface area contributed by atoms with Gasteiger partial charge in [-0.1, -0.05) is 18.2 Å². The topological polar surface area (TPSA) is 88.8 Å². The van der Waals surface area contributed by atoms with Gasteiger partial charge in [0.15, 0.2) is 5.96 Å². The van der Waals surface area contributed by atoms with Gasteiger partial charge < -0.3 is 15.4 Å². The molecule has 0 spiro atoms. The average Bonchev–Trinajstić information content (AvgIpc) is 3.13. The summed E-state index contributed by atoms with van der Waals surface area (Å²) >= 11 is 1.73. The number of non-ortho nitro benzene ring substituents is 1. The maximum Gasteiger partial charge on any atom is 0.269 e. The van der Waals surface area contributed by atoms with Crippen molar-refractivity contribution in [2.24, 2.45) is 4.99 Å². The molecule has 25 heavy (non-hydrogen) atoms. The van der Waals surface area contributed by atoms with Gasteiger partial charge in [0.1, 0.15) is 0 Å². The highest BCUT2D eigenvalue weighted by atomic mass is 32.1. The Bertz CT molecular complexity index is 672. The average molecular weight is 362 g/mol. The molecule has 0 atom stereocenters. The molecule has 0 saturated heterocycles. The lowest BCUT2D eigenvalue weighted by Gasteiger charge is -2.12. The number of nitro groups is 1. The summed E-state index contributed by atoms with van der Waals surface area (Å²) in [4.78, 5) is 16.1. The van der Waals surface area contributed by atoms with Crippen molar-refractivity contribution in [1.82, 2.24) is 10.6 Å². The third-order valence-electron chi connectivity index (χ3n) is 3.41. The van der Waals surface area contributed by atoms with Gasteiger partial charge in [-0.15, -0.1) is 11.3 Å². The molecule has 0 saturated carbocycles. The van der Waals surface area contributed by atoms with Gasteiger partial charge >= 0.3 is 0 Å². The normalized spacial score (nSPS) is 11.3. The van der Waals surface area contributed by atoms with E-state index >= 15 is 0 Å². The summed E-state index contributed by atoms with van der Waals surface area (Å²) in [6, 6.07) is 10.6. The van der Waals surface area contributed by atoms with Crippen molar-refractivity contribution in [2.45, 2.75) is 13.0 Å². The predicted octanol–water partition coefficient (Wildman–Crippen LogP) is 2.58. The van der Waals surface area contributed by atoms with Crippen LogP contribution in [0.1, 0.15) is 10.4 Å². The van der Waals surface area contributed by atoms with E-state index in [9.17, 15) is 10.1 Å². The summed E-state index contributed by atoms with van der Waals surface area (Å²) in [5, 5.41) is 19.3. The van der Waals surface area contributed by atoms with Gasteiger partial charge in [-0.3, -0.25) is 10.1 Å². The lowest BCUT2D eigenvalue weighted by molar-refractivity contribution is -0.384. The van der Waals surface area contributed by atoms with Crippen molar-refractivity contribution >= 4 is 23.0 Å². The monoisotopic (exact) mass is 362 g/mol. The van der Waals surface area contributed by atoms with Crippen LogP contribution < -0.4 is 10.6 Å². The summed E-state index contributed by atoms with van der Waals surface area (Å²) in [6.45, 7) is 2.46. The van der Waals surface area contributed by atoms with Crippen LogP contribution in [0.3, 0.4) is 0 Å². The fraction of sp³-hybridized carbons (Fsp3) is 0.353. The molecule has 0 radical (unpaired) electrons. The Hall–Kier alpha value is -2.45. The minimum Gasteiger partial charge on any atom is -0.383 e. The van der Waals surface area contributed by atoms with Crippen LogP contribution in [0.4, 0.5) is 5.69 Å². The Morgan fingerprint density at radius 3 is 2.64 bits per heavy atom. The Balaban J connectivity index is 1.90. The van der Waals surface area contributed by atoms with Gasteiger partial charge in [0.25, 0.3) is 5.69 Å². The quantitative estimate of drug-likeness (QED) is 0.235. The molecule has 2 rings (SSSR count). The second-order valence-electron chi connectivity index (χ2n) is 5.26. The Labute approximate surface area is 150 Å². The van der Waals surface area contributed by atoms with Crippen LogP contribution in [0.5, 0.6) is 0 Å². The maximum atomic E-state index is 10.7. The first-order valence-corrected chi connectivity index (χ1v) is 8.84. The number of aliphatic imine (C=N–C) groups is 1. The van der Waals surface area contributed by atoms with E-state index < -0.39 is 4.92 Å². The van der Waals surface area contributed by atoms with E-state index in [1.807, 2.05) is 6.07 Å². The van der Waals surface area contributed by atoms with E-state index in [1.54, 1.807) is 30.6 Å². The minimum atomic E-state index is -0.406. The molecule has 2 N–H and O–H groups in total. The van der Waals surface area contributed by atoms with Crippen LogP contribution in [-0.2, 0) is 17.7 Å². The van der Waals surface area contributed by atoms with Crippen molar-refractivity contribution in [2.75, 3.05) is 26.8 Å². The van der Waals surface area contributed by atoms with Gasteiger partial charge in [-0.05, 0) is 23.4 Å². The van der Waals surface area contributed by atoms with E-state index in [2.05, 4.69) is 27.1 Å². The molecule has 134 valence electrons. The lowest BCUT2D eigenvalue weighted by atomic mass is 10.2. The van der Waals surface area contributed by atoms with Crippen molar-refractivity contribution in [3.63, 3.8) is 0 Å². The third-order valence-corrected chi connectivity index (χ3v) is 4.35. The molecule has 0 amide bonds. The molecular formula is C17H22N4O3S. The van der Waals surface area contributed by atoms with Crippen LogP contribution in [-0.4, -0.2) is 37.7 Å². The van der Waals surface area contributed by atoms with Gasteiger partial charge in [-0.2, -0.15) is 0 Å². The number of hydrogen-bond acceptors (Lipinski definition) is 5.